The monoisotopic (exact) mass is 266 g/mol. The van der Waals surface area contributed by atoms with E-state index in [1.165, 1.54) is 25.7 Å². The third kappa shape index (κ3) is 5.58. The molecule has 0 aliphatic carbocycles. The smallest absolute Gasteiger partial charge is 0.339 e. The summed E-state index contributed by atoms with van der Waals surface area (Å²) in [5.74, 6) is -0.269. The first-order valence-corrected chi connectivity index (χ1v) is 7.15. The second kappa shape index (κ2) is 9.03. The normalized spacial score (nSPS) is 10.3. The molecule has 0 saturated carbocycles. The van der Waals surface area contributed by atoms with Crippen LogP contribution in [0, 0.1) is 0 Å². The minimum absolute atomic E-state index is 0.269. The van der Waals surface area contributed by atoms with Gasteiger partial charge >= 0.3 is 5.97 Å². The fraction of sp³-hybridized carbons (Fsp3) is 0.533. The van der Waals surface area contributed by atoms with Crippen LogP contribution in [-0.2, 0) is 4.74 Å². The number of hydrogen-bond acceptors (Lipinski definition) is 3. The summed E-state index contributed by atoms with van der Waals surface area (Å²) in [4.78, 5) is 12.4. The Balaban J connectivity index is 2.16. The lowest BCUT2D eigenvalue weighted by molar-refractivity contribution is 0.0493. The molecule has 0 unspecified atom stereocenters. The van der Waals surface area contributed by atoms with Gasteiger partial charge in [0.2, 0.25) is 0 Å². The molecular weight excluding hydrogens is 244 g/mol. The first-order valence-electron chi connectivity index (χ1n) is 6.70. The number of benzene rings is 1. The quantitative estimate of drug-likeness (QED) is 0.426. The summed E-state index contributed by atoms with van der Waals surface area (Å²) in [6, 6.07) is 7.21. The predicted octanol–water partition coefficient (Wildman–Crippen LogP) is 4.49. The zero-order valence-electron chi connectivity index (χ0n) is 11.0. The van der Waals surface area contributed by atoms with E-state index in [9.17, 15) is 4.79 Å². The molecule has 0 N–H and O–H groups in total. The highest BCUT2D eigenvalue weighted by Gasteiger charge is 2.09. The third-order valence-corrected chi connectivity index (χ3v) is 3.24. The summed E-state index contributed by atoms with van der Waals surface area (Å²) >= 11 is 4.24. The molecule has 0 bridgehead atoms. The molecule has 1 rings (SSSR count). The van der Waals surface area contributed by atoms with E-state index in [1.54, 1.807) is 12.1 Å². The number of ether oxygens (including phenoxy) is 1. The molecule has 2 nitrogen and oxygen atoms in total. The number of carbonyl (C=O) groups excluding carboxylic acids is 1. The Morgan fingerprint density at radius 3 is 2.50 bits per heavy atom. The van der Waals surface area contributed by atoms with E-state index in [2.05, 4.69) is 19.6 Å². The Hall–Kier alpha value is -0.960. The molecule has 0 fully saturated rings. The second-order valence-corrected chi connectivity index (χ2v) is 4.90. The molecule has 0 heterocycles. The molecule has 0 amide bonds. The van der Waals surface area contributed by atoms with Gasteiger partial charge in [-0.25, -0.2) is 4.79 Å². The molecule has 3 heteroatoms. The molecular formula is C15H22O2S. The topological polar surface area (TPSA) is 26.3 Å². The van der Waals surface area contributed by atoms with Crippen molar-refractivity contribution in [1.82, 2.24) is 0 Å². The highest BCUT2D eigenvalue weighted by Crippen LogP contribution is 2.14. The number of thiol groups is 1. The van der Waals surface area contributed by atoms with Gasteiger partial charge in [0.15, 0.2) is 0 Å². The van der Waals surface area contributed by atoms with Gasteiger partial charge in [-0.15, -0.1) is 12.6 Å². The summed E-state index contributed by atoms with van der Waals surface area (Å²) in [7, 11) is 0. The van der Waals surface area contributed by atoms with Crippen molar-refractivity contribution >= 4 is 18.6 Å². The Kier molecular flexibility index (Phi) is 7.58. The van der Waals surface area contributed by atoms with Crippen molar-refractivity contribution in [2.24, 2.45) is 0 Å². The molecule has 18 heavy (non-hydrogen) atoms. The van der Waals surface area contributed by atoms with Crippen LogP contribution in [0.3, 0.4) is 0 Å². The molecule has 0 saturated heterocycles. The van der Waals surface area contributed by atoms with Crippen molar-refractivity contribution in [2.45, 2.75) is 50.3 Å². The number of hydrogen-bond donors (Lipinski definition) is 1. The van der Waals surface area contributed by atoms with E-state index in [1.807, 2.05) is 12.1 Å². The van der Waals surface area contributed by atoms with Gasteiger partial charge in [-0.3, -0.25) is 0 Å². The van der Waals surface area contributed by atoms with Crippen molar-refractivity contribution in [2.75, 3.05) is 6.61 Å². The number of unbranched alkanes of at least 4 members (excludes halogenated alkanes) is 5. The molecule has 0 aliphatic heterocycles. The second-order valence-electron chi connectivity index (χ2n) is 4.42. The number of carbonyl (C=O) groups is 1. The van der Waals surface area contributed by atoms with Crippen LogP contribution < -0.4 is 0 Å². The van der Waals surface area contributed by atoms with E-state index >= 15 is 0 Å². The largest absolute Gasteiger partial charge is 0.462 e. The van der Waals surface area contributed by atoms with Gasteiger partial charge in [0.05, 0.1) is 12.2 Å². The summed E-state index contributed by atoms with van der Waals surface area (Å²) in [6.45, 7) is 2.71. The molecule has 0 aliphatic rings. The predicted molar refractivity (Wildman–Crippen MR) is 77.4 cm³/mol. The standard InChI is InChI=1S/C15H22O2S/c1-2-3-4-5-6-9-12-17-15(16)13-10-7-8-11-14(13)18/h7-8,10-11,18H,2-6,9,12H2,1H3. The lowest BCUT2D eigenvalue weighted by Gasteiger charge is -2.06. The van der Waals surface area contributed by atoms with Crippen LogP contribution in [0.25, 0.3) is 0 Å². The Bertz CT molecular complexity index is 363. The van der Waals surface area contributed by atoms with Crippen molar-refractivity contribution < 1.29 is 9.53 Å². The van der Waals surface area contributed by atoms with Crippen LogP contribution in [0.15, 0.2) is 29.2 Å². The van der Waals surface area contributed by atoms with Crippen LogP contribution in [0.4, 0.5) is 0 Å². The lowest BCUT2D eigenvalue weighted by atomic mass is 10.1. The molecule has 0 spiro atoms. The Morgan fingerprint density at radius 2 is 1.78 bits per heavy atom. The maximum absolute atomic E-state index is 11.7. The van der Waals surface area contributed by atoms with Gasteiger partial charge in [0.1, 0.15) is 0 Å². The van der Waals surface area contributed by atoms with Crippen LogP contribution in [0.1, 0.15) is 55.8 Å². The third-order valence-electron chi connectivity index (χ3n) is 2.86. The maximum Gasteiger partial charge on any atom is 0.339 e. The lowest BCUT2D eigenvalue weighted by Crippen LogP contribution is -2.07. The van der Waals surface area contributed by atoms with E-state index in [4.69, 9.17) is 4.74 Å². The van der Waals surface area contributed by atoms with Crippen LogP contribution in [0.5, 0.6) is 0 Å². The average molecular weight is 266 g/mol. The highest BCUT2D eigenvalue weighted by molar-refractivity contribution is 7.80. The van der Waals surface area contributed by atoms with Gasteiger partial charge in [0.25, 0.3) is 0 Å². The molecule has 0 atom stereocenters. The van der Waals surface area contributed by atoms with E-state index in [-0.39, 0.29) is 5.97 Å². The van der Waals surface area contributed by atoms with E-state index in [0.717, 1.165) is 12.8 Å². The SMILES string of the molecule is CCCCCCCCOC(=O)c1ccccc1S. The van der Waals surface area contributed by atoms with Crippen molar-refractivity contribution in [3.05, 3.63) is 29.8 Å². The van der Waals surface area contributed by atoms with Crippen LogP contribution in [-0.4, -0.2) is 12.6 Å². The minimum Gasteiger partial charge on any atom is -0.462 e. The van der Waals surface area contributed by atoms with E-state index < -0.39 is 0 Å². The first kappa shape index (κ1) is 15.1. The zero-order valence-corrected chi connectivity index (χ0v) is 11.9. The van der Waals surface area contributed by atoms with Gasteiger partial charge in [-0.1, -0.05) is 51.2 Å². The van der Waals surface area contributed by atoms with Gasteiger partial charge < -0.3 is 4.74 Å². The summed E-state index contributed by atoms with van der Waals surface area (Å²) in [6.07, 6.45) is 7.15. The first-order chi connectivity index (χ1) is 8.75. The molecule has 100 valence electrons. The maximum atomic E-state index is 11.7. The fourth-order valence-corrected chi connectivity index (χ4v) is 2.02. The number of esters is 1. The Morgan fingerprint density at radius 1 is 1.11 bits per heavy atom. The van der Waals surface area contributed by atoms with Gasteiger partial charge in [-0.2, -0.15) is 0 Å². The van der Waals surface area contributed by atoms with Crippen molar-refractivity contribution in [1.29, 1.82) is 0 Å². The van der Waals surface area contributed by atoms with Crippen molar-refractivity contribution in [3.63, 3.8) is 0 Å². The Labute approximate surface area is 115 Å². The van der Waals surface area contributed by atoms with Crippen LogP contribution >= 0.6 is 12.6 Å². The summed E-state index contributed by atoms with van der Waals surface area (Å²) < 4.78 is 5.23. The average Bonchev–Trinajstić information content (AvgIpc) is 2.38. The summed E-state index contributed by atoms with van der Waals surface area (Å²) in [5, 5.41) is 0. The van der Waals surface area contributed by atoms with Gasteiger partial charge in [0, 0.05) is 4.90 Å². The molecule has 1 aromatic carbocycles. The molecule has 1 aromatic rings. The minimum atomic E-state index is -0.269. The summed E-state index contributed by atoms with van der Waals surface area (Å²) in [5.41, 5.74) is 0.548. The molecule has 0 aromatic heterocycles. The van der Waals surface area contributed by atoms with Gasteiger partial charge in [-0.05, 0) is 18.6 Å². The highest BCUT2D eigenvalue weighted by atomic mass is 32.1. The number of rotatable bonds is 8. The molecule has 0 radical (unpaired) electrons. The fourth-order valence-electron chi connectivity index (χ4n) is 1.77. The van der Waals surface area contributed by atoms with E-state index in [0.29, 0.717) is 17.1 Å². The van der Waals surface area contributed by atoms with Crippen LogP contribution in [0.2, 0.25) is 0 Å². The van der Waals surface area contributed by atoms with Crippen molar-refractivity contribution in [3.8, 4) is 0 Å². The zero-order chi connectivity index (χ0) is 13.2.